The summed E-state index contributed by atoms with van der Waals surface area (Å²) in [5, 5.41) is 9.89. The quantitative estimate of drug-likeness (QED) is 0.874. The van der Waals surface area contributed by atoms with Crippen LogP contribution in [0.2, 0.25) is 0 Å². The number of nitrogens with two attached hydrogens (primary N) is 1. The summed E-state index contributed by atoms with van der Waals surface area (Å²) in [5.74, 6) is 2.63. The van der Waals surface area contributed by atoms with Crippen LogP contribution < -0.4 is 15.2 Å². The first kappa shape index (κ1) is 16.1. The van der Waals surface area contributed by atoms with E-state index in [0.717, 1.165) is 49.4 Å². The summed E-state index contributed by atoms with van der Waals surface area (Å²) in [7, 11) is 1.66. The number of ether oxygens (including phenoxy) is 2. The van der Waals surface area contributed by atoms with Crippen LogP contribution in [-0.2, 0) is 5.41 Å². The Morgan fingerprint density at radius 2 is 2.09 bits per heavy atom. The summed E-state index contributed by atoms with van der Waals surface area (Å²) in [6, 6.07) is 8.56. The minimum absolute atomic E-state index is 0.432. The Morgan fingerprint density at radius 3 is 2.74 bits per heavy atom. The lowest BCUT2D eigenvalue weighted by Crippen LogP contribution is -2.34. The second-order valence-electron chi connectivity index (χ2n) is 7.01. The molecule has 1 unspecified atom stereocenters. The van der Waals surface area contributed by atoms with Crippen LogP contribution in [-0.4, -0.2) is 20.3 Å². The summed E-state index contributed by atoms with van der Waals surface area (Å²) in [6.07, 6.45) is 6.42. The normalized spacial score (nSPS) is 27.3. The molecule has 4 nitrogen and oxygen atoms in total. The first-order valence-electron chi connectivity index (χ1n) is 8.63. The number of nitriles is 1. The van der Waals surface area contributed by atoms with Gasteiger partial charge in [0.2, 0.25) is 0 Å². The topological polar surface area (TPSA) is 68.3 Å². The predicted molar refractivity (Wildman–Crippen MR) is 89.5 cm³/mol. The van der Waals surface area contributed by atoms with Crippen molar-refractivity contribution < 1.29 is 9.47 Å². The van der Waals surface area contributed by atoms with Crippen LogP contribution in [0.25, 0.3) is 0 Å². The predicted octanol–water partition coefficient (Wildman–Crippen LogP) is 3.39. The molecule has 3 rings (SSSR count). The second-order valence-corrected chi connectivity index (χ2v) is 7.01. The Hall–Kier alpha value is -1.73. The fraction of sp³-hybridized carbons (Fsp3) is 0.632. The molecule has 0 aromatic heterocycles. The van der Waals surface area contributed by atoms with E-state index in [1.165, 1.54) is 12.8 Å². The number of hydrogen-bond donors (Lipinski definition) is 1. The molecular formula is C19H26N2O2. The van der Waals surface area contributed by atoms with Gasteiger partial charge in [0.15, 0.2) is 11.5 Å². The molecule has 0 aliphatic heterocycles. The largest absolute Gasteiger partial charge is 0.493 e. The first-order valence-corrected chi connectivity index (χ1v) is 8.63. The van der Waals surface area contributed by atoms with Crippen molar-refractivity contribution in [3.63, 3.8) is 0 Å². The molecular weight excluding hydrogens is 288 g/mol. The van der Waals surface area contributed by atoms with Crippen molar-refractivity contribution in [2.24, 2.45) is 17.6 Å². The van der Waals surface area contributed by atoms with E-state index in [1.807, 2.05) is 18.2 Å². The lowest BCUT2D eigenvalue weighted by atomic mass is 9.66. The van der Waals surface area contributed by atoms with E-state index in [4.69, 9.17) is 15.2 Å². The lowest BCUT2D eigenvalue weighted by Gasteiger charge is -2.36. The Kier molecular flexibility index (Phi) is 4.77. The maximum Gasteiger partial charge on any atom is 0.161 e. The van der Waals surface area contributed by atoms with E-state index in [9.17, 15) is 5.26 Å². The highest BCUT2D eigenvalue weighted by atomic mass is 16.5. The van der Waals surface area contributed by atoms with Gasteiger partial charge in [-0.05, 0) is 68.2 Å². The van der Waals surface area contributed by atoms with E-state index in [-0.39, 0.29) is 0 Å². The molecule has 0 saturated heterocycles. The van der Waals surface area contributed by atoms with Gasteiger partial charge in [0, 0.05) is 0 Å². The highest BCUT2D eigenvalue weighted by Crippen LogP contribution is 2.44. The summed E-state index contributed by atoms with van der Waals surface area (Å²) >= 11 is 0. The number of hydrogen-bond acceptors (Lipinski definition) is 4. The molecule has 0 radical (unpaired) electrons. The van der Waals surface area contributed by atoms with Crippen molar-refractivity contribution in [1.29, 1.82) is 5.26 Å². The molecule has 23 heavy (non-hydrogen) atoms. The van der Waals surface area contributed by atoms with E-state index >= 15 is 0 Å². The van der Waals surface area contributed by atoms with Crippen molar-refractivity contribution in [1.82, 2.24) is 0 Å². The number of methoxy groups -OCH3 is 1. The Bertz CT molecular complexity index is 592. The van der Waals surface area contributed by atoms with E-state index in [0.29, 0.717) is 18.4 Å². The highest BCUT2D eigenvalue weighted by molar-refractivity contribution is 5.47. The van der Waals surface area contributed by atoms with Crippen molar-refractivity contribution >= 4 is 0 Å². The van der Waals surface area contributed by atoms with Gasteiger partial charge in [0.1, 0.15) is 0 Å². The van der Waals surface area contributed by atoms with Gasteiger partial charge < -0.3 is 15.2 Å². The van der Waals surface area contributed by atoms with Gasteiger partial charge in [-0.1, -0.05) is 12.5 Å². The molecule has 124 valence electrons. The van der Waals surface area contributed by atoms with E-state index < -0.39 is 5.41 Å². The van der Waals surface area contributed by atoms with Gasteiger partial charge in [0.25, 0.3) is 0 Å². The number of rotatable bonds is 6. The van der Waals surface area contributed by atoms with Gasteiger partial charge >= 0.3 is 0 Å². The third kappa shape index (κ3) is 3.45. The van der Waals surface area contributed by atoms with Crippen LogP contribution in [0.15, 0.2) is 18.2 Å². The summed E-state index contributed by atoms with van der Waals surface area (Å²) in [6.45, 7) is 1.40. The maximum atomic E-state index is 9.89. The molecule has 4 heteroatoms. The van der Waals surface area contributed by atoms with Gasteiger partial charge in [-0.25, -0.2) is 0 Å². The molecule has 2 fully saturated rings. The smallest absolute Gasteiger partial charge is 0.161 e. The third-order valence-electron chi connectivity index (χ3n) is 5.29. The molecule has 2 saturated carbocycles. The van der Waals surface area contributed by atoms with Crippen LogP contribution in [0.1, 0.15) is 44.1 Å². The van der Waals surface area contributed by atoms with Crippen LogP contribution in [0.4, 0.5) is 0 Å². The van der Waals surface area contributed by atoms with Crippen LogP contribution in [0, 0.1) is 23.2 Å². The maximum absolute atomic E-state index is 9.89. The molecule has 1 aromatic carbocycles. The van der Waals surface area contributed by atoms with Crippen molar-refractivity contribution in [2.75, 3.05) is 20.3 Å². The van der Waals surface area contributed by atoms with E-state index in [2.05, 4.69) is 6.07 Å². The zero-order valence-electron chi connectivity index (χ0n) is 13.9. The zero-order chi connectivity index (χ0) is 16.3. The second kappa shape index (κ2) is 6.80. The molecule has 2 N–H and O–H groups in total. The fourth-order valence-electron chi connectivity index (χ4n) is 3.60. The minimum atomic E-state index is -0.438. The summed E-state index contributed by atoms with van der Waals surface area (Å²) < 4.78 is 11.4. The molecule has 2 aliphatic rings. The molecule has 0 spiro atoms. The Morgan fingerprint density at radius 1 is 1.26 bits per heavy atom. The van der Waals surface area contributed by atoms with Crippen LogP contribution in [0.5, 0.6) is 11.5 Å². The van der Waals surface area contributed by atoms with Crippen LogP contribution >= 0.6 is 0 Å². The molecule has 2 atom stereocenters. The zero-order valence-corrected chi connectivity index (χ0v) is 13.9. The van der Waals surface area contributed by atoms with E-state index in [1.54, 1.807) is 7.11 Å². The summed E-state index contributed by atoms with van der Waals surface area (Å²) in [4.78, 5) is 0. The van der Waals surface area contributed by atoms with Gasteiger partial charge in [-0.2, -0.15) is 5.26 Å². The minimum Gasteiger partial charge on any atom is -0.493 e. The molecule has 0 heterocycles. The molecule has 0 bridgehead atoms. The van der Waals surface area contributed by atoms with Crippen LogP contribution in [0.3, 0.4) is 0 Å². The number of benzene rings is 1. The third-order valence-corrected chi connectivity index (χ3v) is 5.29. The monoisotopic (exact) mass is 314 g/mol. The van der Waals surface area contributed by atoms with Crippen molar-refractivity contribution in [3.05, 3.63) is 23.8 Å². The summed E-state index contributed by atoms with van der Waals surface area (Å²) in [5.41, 5.74) is 6.47. The molecule has 2 aliphatic carbocycles. The van der Waals surface area contributed by atoms with Crippen molar-refractivity contribution in [2.45, 2.75) is 43.9 Å². The molecule has 1 aromatic rings. The standard InChI is InChI=1S/C19H26N2O2/c1-22-17-7-6-16(9-18(17)23-12-14-4-5-14)19(13-21)8-2-3-15(10-19)11-20/h6-7,9,14-15H,2-5,8,10-12,20H2,1H3/t15?,19-/m1/s1. The van der Waals surface area contributed by atoms with Gasteiger partial charge in [0.05, 0.1) is 25.2 Å². The number of nitrogens with zero attached hydrogens (tertiary/aromatic N) is 1. The SMILES string of the molecule is COc1ccc([C@]2(C#N)CCCC(CN)C2)cc1OCC1CC1. The van der Waals surface area contributed by atoms with Gasteiger partial charge in [-0.15, -0.1) is 0 Å². The average molecular weight is 314 g/mol. The first-order chi connectivity index (χ1) is 11.2. The Balaban J connectivity index is 1.87. The highest BCUT2D eigenvalue weighted by Gasteiger charge is 2.38. The lowest BCUT2D eigenvalue weighted by molar-refractivity contribution is 0.267. The fourth-order valence-corrected chi connectivity index (χ4v) is 3.60. The Labute approximate surface area is 138 Å². The average Bonchev–Trinajstić information content (AvgIpc) is 3.44. The molecule has 0 amide bonds. The van der Waals surface area contributed by atoms with Crippen molar-refractivity contribution in [3.8, 4) is 17.6 Å². The van der Waals surface area contributed by atoms with Gasteiger partial charge in [-0.3, -0.25) is 0 Å².